The summed E-state index contributed by atoms with van der Waals surface area (Å²) in [5.74, 6) is -0.279. The minimum absolute atomic E-state index is 0.0103. The first kappa shape index (κ1) is 14.3. The zero-order chi connectivity index (χ0) is 13.8. The van der Waals surface area contributed by atoms with E-state index in [2.05, 4.69) is 12.2 Å². The Balaban J connectivity index is 2.00. The molecule has 0 aromatic carbocycles. The highest BCUT2D eigenvalue weighted by atomic mass is 16.2. The second kappa shape index (κ2) is 6.37. The molecule has 1 aliphatic heterocycles. The van der Waals surface area contributed by atoms with Crippen molar-refractivity contribution in [3.05, 3.63) is 0 Å². The Labute approximate surface area is 114 Å². The van der Waals surface area contributed by atoms with Crippen molar-refractivity contribution in [1.82, 2.24) is 10.2 Å². The lowest BCUT2D eigenvalue weighted by Gasteiger charge is -2.34. The Bertz CT molecular complexity index is 332. The molecule has 1 heterocycles. The Morgan fingerprint density at radius 1 is 1.21 bits per heavy atom. The molecule has 108 valence electrons. The minimum Gasteiger partial charge on any atom is -0.368 e. The first-order valence-electron chi connectivity index (χ1n) is 7.40. The van der Waals surface area contributed by atoms with Crippen LogP contribution < -0.4 is 11.1 Å². The van der Waals surface area contributed by atoms with E-state index in [9.17, 15) is 9.59 Å². The van der Waals surface area contributed by atoms with Gasteiger partial charge >= 0.3 is 0 Å². The maximum atomic E-state index is 12.6. The van der Waals surface area contributed by atoms with E-state index in [-0.39, 0.29) is 24.4 Å². The molecule has 1 saturated carbocycles. The number of nitrogens with one attached hydrogen (secondary N) is 1. The quantitative estimate of drug-likeness (QED) is 0.784. The summed E-state index contributed by atoms with van der Waals surface area (Å²) in [6.45, 7) is 2.94. The molecule has 0 aromatic rings. The Morgan fingerprint density at radius 2 is 1.89 bits per heavy atom. The molecule has 0 spiro atoms. The van der Waals surface area contributed by atoms with E-state index in [0.29, 0.717) is 6.04 Å². The van der Waals surface area contributed by atoms with Gasteiger partial charge in [0.1, 0.15) is 0 Å². The first-order chi connectivity index (χ1) is 9.08. The average molecular weight is 267 g/mol. The number of nitrogens with two attached hydrogens (primary N) is 1. The molecule has 0 aromatic heterocycles. The molecular weight excluding hydrogens is 242 g/mol. The Kier molecular flexibility index (Phi) is 4.80. The van der Waals surface area contributed by atoms with Crippen LogP contribution in [0.15, 0.2) is 0 Å². The van der Waals surface area contributed by atoms with Crippen LogP contribution in [0.2, 0.25) is 0 Å². The predicted molar refractivity (Wildman–Crippen MR) is 73.4 cm³/mol. The fourth-order valence-corrected chi connectivity index (χ4v) is 3.21. The van der Waals surface area contributed by atoms with Crippen LogP contribution in [0.25, 0.3) is 0 Å². The van der Waals surface area contributed by atoms with Gasteiger partial charge in [-0.15, -0.1) is 0 Å². The van der Waals surface area contributed by atoms with Crippen molar-refractivity contribution in [1.29, 1.82) is 0 Å². The molecule has 2 aliphatic rings. The molecule has 2 unspecified atom stereocenters. The molecular formula is C14H25N3O2. The minimum atomic E-state index is -0.405. The van der Waals surface area contributed by atoms with Crippen molar-refractivity contribution in [2.45, 2.75) is 57.5 Å². The molecule has 1 saturated heterocycles. The third-order valence-corrected chi connectivity index (χ3v) is 4.38. The normalized spacial score (nSPS) is 28.3. The number of amides is 2. The lowest BCUT2D eigenvalue weighted by molar-refractivity contribution is -0.141. The van der Waals surface area contributed by atoms with Crippen LogP contribution in [-0.2, 0) is 9.59 Å². The van der Waals surface area contributed by atoms with Gasteiger partial charge in [-0.1, -0.05) is 12.8 Å². The van der Waals surface area contributed by atoms with Crippen molar-refractivity contribution in [2.75, 3.05) is 13.1 Å². The molecule has 5 heteroatoms. The van der Waals surface area contributed by atoms with Gasteiger partial charge in [0.05, 0.1) is 12.5 Å². The maximum Gasteiger partial charge on any atom is 0.237 e. The standard InChI is InChI=1S/C14H25N3O2/c1-10-6-7-11(8-16-10)14(19)17(9-13(15)18)12-4-2-3-5-12/h10-12,16H,2-9H2,1H3,(H2,15,18). The smallest absolute Gasteiger partial charge is 0.237 e. The molecule has 2 amide bonds. The van der Waals surface area contributed by atoms with E-state index >= 15 is 0 Å². The van der Waals surface area contributed by atoms with Crippen LogP contribution in [0.4, 0.5) is 0 Å². The Morgan fingerprint density at radius 3 is 2.42 bits per heavy atom. The predicted octanol–water partition coefficient (Wildman–Crippen LogP) is 0.631. The average Bonchev–Trinajstić information content (AvgIpc) is 2.89. The first-order valence-corrected chi connectivity index (χ1v) is 7.40. The summed E-state index contributed by atoms with van der Waals surface area (Å²) >= 11 is 0. The van der Waals surface area contributed by atoms with E-state index in [1.807, 2.05) is 0 Å². The fraction of sp³-hybridized carbons (Fsp3) is 0.857. The number of hydrogen-bond acceptors (Lipinski definition) is 3. The second-order valence-corrected chi connectivity index (χ2v) is 5.95. The maximum absolute atomic E-state index is 12.6. The van der Waals surface area contributed by atoms with Crippen molar-refractivity contribution in [3.8, 4) is 0 Å². The molecule has 1 aliphatic carbocycles. The van der Waals surface area contributed by atoms with Crippen molar-refractivity contribution >= 4 is 11.8 Å². The number of rotatable bonds is 4. The summed E-state index contributed by atoms with van der Waals surface area (Å²) in [4.78, 5) is 25.6. The van der Waals surface area contributed by atoms with Gasteiger partial charge in [0.25, 0.3) is 0 Å². The van der Waals surface area contributed by atoms with E-state index < -0.39 is 5.91 Å². The number of hydrogen-bond donors (Lipinski definition) is 2. The van der Waals surface area contributed by atoms with Gasteiger partial charge in [0.15, 0.2) is 0 Å². The number of primary amides is 1. The van der Waals surface area contributed by atoms with Gasteiger partial charge in [-0.3, -0.25) is 9.59 Å². The van der Waals surface area contributed by atoms with Crippen LogP contribution in [0.1, 0.15) is 45.4 Å². The highest BCUT2D eigenvalue weighted by Crippen LogP contribution is 2.26. The largest absolute Gasteiger partial charge is 0.368 e. The molecule has 3 N–H and O–H groups in total. The summed E-state index contributed by atoms with van der Waals surface area (Å²) in [5, 5.41) is 3.35. The van der Waals surface area contributed by atoms with Gasteiger partial charge in [-0.05, 0) is 32.6 Å². The van der Waals surface area contributed by atoms with Crippen LogP contribution in [0.3, 0.4) is 0 Å². The number of carbonyl (C=O) groups excluding carboxylic acids is 2. The molecule has 19 heavy (non-hydrogen) atoms. The summed E-state index contributed by atoms with van der Waals surface area (Å²) in [7, 11) is 0. The van der Waals surface area contributed by atoms with Crippen molar-refractivity contribution in [3.63, 3.8) is 0 Å². The van der Waals surface area contributed by atoms with E-state index in [1.165, 1.54) is 0 Å². The van der Waals surface area contributed by atoms with Crippen LogP contribution >= 0.6 is 0 Å². The van der Waals surface area contributed by atoms with Gasteiger partial charge in [0, 0.05) is 18.6 Å². The summed E-state index contributed by atoms with van der Waals surface area (Å²) in [6.07, 6.45) is 6.24. The molecule has 5 nitrogen and oxygen atoms in total. The molecule has 2 fully saturated rings. The van der Waals surface area contributed by atoms with Gasteiger partial charge < -0.3 is 16.0 Å². The molecule has 0 radical (unpaired) electrons. The van der Waals surface area contributed by atoms with Crippen molar-refractivity contribution in [2.24, 2.45) is 11.7 Å². The third-order valence-electron chi connectivity index (χ3n) is 4.38. The molecule has 2 atom stereocenters. The summed E-state index contributed by atoms with van der Waals surface area (Å²) in [6, 6.07) is 0.708. The topological polar surface area (TPSA) is 75.4 Å². The van der Waals surface area contributed by atoms with Crippen molar-refractivity contribution < 1.29 is 9.59 Å². The van der Waals surface area contributed by atoms with Crippen LogP contribution in [-0.4, -0.2) is 41.9 Å². The number of nitrogens with zero attached hydrogens (tertiary/aromatic N) is 1. The van der Waals surface area contributed by atoms with Gasteiger partial charge in [-0.2, -0.15) is 0 Å². The highest BCUT2D eigenvalue weighted by molar-refractivity contribution is 5.85. The van der Waals surface area contributed by atoms with Crippen LogP contribution in [0.5, 0.6) is 0 Å². The lowest BCUT2D eigenvalue weighted by atomic mass is 9.93. The summed E-state index contributed by atoms with van der Waals surface area (Å²) in [5.41, 5.74) is 5.30. The molecule has 0 bridgehead atoms. The second-order valence-electron chi connectivity index (χ2n) is 5.95. The monoisotopic (exact) mass is 267 g/mol. The number of piperidine rings is 1. The van der Waals surface area contributed by atoms with E-state index in [4.69, 9.17) is 5.73 Å². The summed E-state index contributed by atoms with van der Waals surface area (Å²) < 4.78 is 0. The van der Waals surface area contributed by atoms with Crippen LogP contribution in [0, 0.1) is 5.92 Å². The van der Waals surface area contributed by atoms with E-state index in [0.717, 1.165) is 45.1 Å². The third kappa shape index (κ3) is 3.69. The SMILES string of the molecule is CC1CCC(C(=O)N(CC(N)=O)C2CCCC2)CN1. The Hall–Kier alpha value is -1.10. The number of carbonyl (C=O) groups is 2. The van der Waals surface area contributed by atoms with Gasteiger partial charge in [0.2, 0.25) is 11.8 Å². The zero-order valence-corrected chi connectivity index (χ0v) is 11.7. The van der Waals surface area contributed by atoms with Gasteiger partial charge in [-0.25, -0.2) is 0 Å². The highest BCUT2D eigenvalue weighted by Gasteiger charge is 2.33. The van der Waals surface area contributed by atoms with E-state index in [1.54, 1.807) is 4.90 Å². The fourth-order valence-electron chi connectivity index (χ4n) is 3.21. The zero-order valence-electron chi connectivity index (χ0n) is 11.7. The molecule has 2 rings (SSSR count). The lowest BCUT2D eigenvalue weighted by Crippen LogP contribution is -2.50.